The van der Waals surface area contributed by atoms with Crippen molar-refractivity contribution in [3.8, 4) is 5.88 Å². The molecule has 1 aromatic carbocycles. The minimum Gasteiger partial charge on any atom is -0.468 e. The highest BCUT2D eigenvalue weighted by atomic mass is 32.2. The minimum absolute atomic E-state index is 0.106. The van der Waals surface area contributed by atoms with Gasteiger partial charge >= 0.3 is 6.18 Å². The number of rotatable bonds is 7. The maximum atomic E-state index is 12.1. The zero-order valence-corrected chi connectivity index (χ0v) is 14.6. The standard InChI is InChI=1S/C17H17F3N2O3S/c1-13-2-4-14(5-3-13)7-9-26(23,24)22-11-15-6-8-21-16(10-15)25-12-17(18,19)20/h2-10,22H,11-12H2,1H3/b9-7+. The van der Waals surface area contributed by atoms with Crippen molar-refractivity contribution < 1.29 is 26.3 Å². The van der Waals surface area contributed by atoms with Gasteiger partial charge < -0.3 is 4.74 Å². The third-order valence-corrected chi connectivity index (χ3v) is 4.22. The zero-order chi connectivity index (χ0) is 19.2. The average molecular weight is 386 g/mol. The van der Waals surface area contributed by atoms with E-state index >= 15 is 0 Å². The van der Waals surface area contributed by atoms with Crippen molar-refractivity contribution in [2.45, 2.75) is 19.6 Å². The van der Waals surface area contributed by atoms with Crippen LogP contribution in [-0.4, -0.2) is 26.2 Å². The monoisotopic (exact) mass is 386 g/mol. The molecule has 2 rings (SSSR count). The molecule has 9 heteroatoms. The zero-order valence-electron chi connectivity index (χ0n) is 13.8. The summed E-state index contributed by atoms with van der Waals surface area (Å²) in [6.07, 6.45) is -1.77. The SMILES string of the molecule is Cc1ccc(/C=C/S(=O)(=O)NCc2ccnc(OCC(F)(F)F)c2)cc1. The van der Waals surface area contributed by atoms with Crippen LogP contribution in [0.3, 0.4) is 0 Å². The molecule has 0 atom stereocenters. The Morgan fingerprint density at radius 2 is 1.88 bits per heavy atom. The molecule has 0 saturated carbocycles. The molecule has 0 amide bonds. The van der Waals surface area contributed by atoms with E-state index in [-0.39, 0.29) is 12.4 Å². The quantitative estimate of drug-likeness (QED) is 0.792. The number of hydrogen-bond donors (Lipinski definition) is 1. The van der Waals surface area contributed by atoms with Crippen molar-refractivity contribution in [3.05, 3.63) is 64.7 Å². The lowest BCUT2D eigenvalue weighted by Gasteiger charge is -2.09. The van der Waals surface area contributed by atoms with E-state index in [1.807, 2.05) is 19.1 Å². The molecule has 0 aliphatic rings. The summed E-state index contributed by atoms with van der Waals surface area (Å²) in [6.45, 7) is 0.354. The molecule has 140 valence electrons. The molecular weight excluding hydrogens is 369 g/mol. The number of sulfonamides is 1. The smallest absolute Gasteiger partial charge is 0.422 e. The van der Waals surface area contributed by atoms with E-state index in [1.54, 1.807) is 12.1 Å². The Bertz CT molecular complexity index is 864. The van der Waals surface area contributed by atoms with Crippen LogP contribution in [-0.2, 0) is 16.6 Å². The van der Waals surface area contributed by atoms with Crippen LogP contribution < -0.4 is 9.46 Å². The number of halogens is 3. The summed E-state index contributed by atoms with van der Waals surface area (Å²) in [6, 6.07) is 10.0. The maximum absolute atomic E-state index is 12.1. The summed E-state index contributed by atoms with van der Waals surface area (Å²) >= 11 is 0. The number of hydrogen-bond acceptors (Lipinski definition) is 4. The van der Waals surface area contributed by atoms with Crippen molar-refractivity contribution in [1.82, 2.24) is 9.71 Å². The molecule has 0 spiro atoms. The van der Waals surface area contributed by atoms with Crippen molar-refractivity contribution in [3.63, 3.8) is 0 Å². The Morgan fingerprint density at radius 1 is 1.19 bits per heavy atom. The predicted octanol–water partition coefficient (Wildman–Crippen LogP) is 3.42. The van der Waals surface area contributed by atoms with Crippen LogP contribution in [0.15, 0.2) is 48.0 Å². The third kappa shape index (κ3) is 7.24. The van der Waals surface area contributed by atoms with Crippen molar-refractivity contribution >= 4 is 16.1 Å². The van der Waals surface area contributed by atoms with Crippen LogP contribution in [0.5, 0.6) is 5.88 Å². The van der Waals surface area contributed by atoms with E-state index < -0.39 is 22.8 Å². The lowest BCUT2D eigenvalue weighted by atomic mass is 10.2. The molecule has 5 nitrogen and oxygen atoms in total. The van der Waals surface area contributed by atoms with Gasteiger partial charge in [-0.1, -0.05) is 29.8 Å². The number of nitrogens with zero attached hydrogens (tertiary/aromatic N) is 1. The first-order valence-corrected chi connectivity index (χ1v) is 9.06. The topological polar surface area (TPSA) is 68.3 Å². The van der Waals surface area contributed by atoms with Gasteiger partial charge in [-0.2, -0.15) is 13.2 Å². The molecule has 0 bridgehead atoms. The molecule has 1 aromatic heterocycles. The lowest BCUT2D eigenvalue weighted by Crippen LogP contribution is -2.21. The van der Waals surface area contributed by atoms with E-state index in [0.717, 1.165) is 16.5 Å². The fraction of sp³-hybridized carbons (Fsp3) is 0.235. The van der Waals surface area contributed by atoms with Gasteiger partial charge in [0.25, 0.3) is 0 Å². The summed E-state index contributed by atoms with van der Waals surface area (Å²) in [5.41, 5.74) is 2.21. The number of nitrogens with one attached hydrogen (secondary N) is 1. The minimum atomic E-state index is -4.47. The number of alkyl halides is 3. The van der Waals surface area contributed by atoms with Crippen LogP contribution in [0.4, 0.5) is 13.2 Å². The van der Waals surface area contributed by atoms with Gasteiger partial charge in [-0.3, -0.25) is 0 Å². The summed E-state index contributed by atoms with van der Waals surface area (Å²) in [4.78, 5) is 3.66. The molecule has 0 aliphatic heterocycles. The first-order chi connectivity index (χ1) is 12.1. The van der Waals surface area contributed by atoms with Crippen LogP contribution >= 0.6 is 0 Å². The summed E-state index contributed by atoms with van der Waals surface area (Å²) in [5.74, 6) is -0.228. The first kappa shape index (κ1) is 19.9. The third-order valence-electron chi connectivity index (χ3n) is 3.18. The Kier molecular flexibility index (Phi) is 6.38. The normalized spacial score (nSPS) is 12.5. The van der Waals surface area contributed by atoms with E-state index in [0.29, 0.717) is 5.56 Å². The van der Waals surface area contributed by atoms with E-state index in [1.165, 1.54) is 24.4 Å². The first-order valence-electron chi connectivity index (χ1n) is 7.52. The average Bonchev–Trinajstić information content (AvgIpc) is 2.58. The Hall–Kier alpha value is -2.39. The van der Waals surface area contributed by atoms with Crippen LogP contribution in [0.25, 0.3) is 6.08 Å². The van der Waals surface area contributed by atoms with E-state index in [9.17, 15) is 21.6 Å². The number of aromatic nitrogens is 1. The van der Waals surface area contributed by atoms with Crippen molar-refractivity contribution in [2.24, 2.45) is 0 Å². The molecule has 2 aromatic rings. The fourth-order valence-corrected chi connectivity index (χ4v) is 2.67. The van der Waals surface area contributed by atoms with Crippen LogP contribution in [0.2, 0.25) is 0 Å². The molecule has 0 radical (unpaired) electrons. The van der Waals surface area contributed by atoms with Crippen molar-refractivity contribution in [2.75, 3.05) is 6.61 Å². The molecule has 26 heavy (non-hydrogen) atoms. The summed E-state index contributed by atoms with van der Waals surface area (Å²) in [7, 11) is -3.71. The molecule has 0 fully saturated rings. The second-order valence-electron chi connectivity index (χ2n) is 5.49. The van der Waals surface area contributed by atoms with Gasteiger partial charge in [0, 0.05) is 24.2 Å². The van der Waals surface area contributed by atoms with Gasteiger partial charge in [-0.25, -0.2) is 18.1 Å². The second kappa shape index (κ2) is 8.33. The lowest BCUT2D eigenvalue weighted by molar-refractivity contribution is -0.154. The Labute approximate surface area is 149 Å². The van der Waals surface area contributed by atoms with E-state index in [2.05, 4.69) is 14.4 Å². The molecule has 0 aliphatic carbocycles. The number of aryl methyl sites for hydroxylation is 1. The largest absolute Gasteiger partial charge is 0.468 e. The Balaban J connectivity index is 1.95. The summed E-state index contributed by atoms with van der Waals surface area (Å²) in [5, 5.41) is 1.03. The van der Waals surface area contributed by atoms with Crippen molar-refractivity contribution in [1.29, 1.82) is 0 Å². The molecule has 1 N–H and O–H groups in total. The maximum Gasteiger partial charge on any atom is 0.422 e. The number of pyridine rings is 1. The Morgan fingerprint density at radius 3 is 2.54 bits per heavy atom. The van der Waals surface area contributed by atoms with Gasteiger partial charge in [-0.15, -0.1) is 0 Å². The van der Waals surface area contributed by atoms with Gasteiger partial charge in [0.1, 0.15) is 0 Å². The number of benzene rings is 1. The van der Waals surface area contributed by atoms with Gasteiger partial charge in [-0.05, 0) is 30.2 Å². The van der Waals surface area contributed by atoms with Gasteiger partial charge in [0.05, 0.1) is 0 Å². The van der Waals surface area contributed by atoms with Gasteiger partial charge in [0.15, 0.2) is 6.61 Å². The van der Waals surface area contributed by atoms with Gasteiger partial charge in [0.2, 0.25) is 15.9 Å². The fourth-order valence-electron chi connectivity index (χ4n) is 1.87. The molecular formula is C17H17F3N2O3S. The highest BCUT2D eigenvalue weighted by Crippen LogP contribution is 2.17. The molecule has 1 heterocycles. The second-order valence-corrected chi connectivity index (χ2v) is 7.14. The van der Waals surface area contributed by atoms with Crippen LogP contribution in [0.1, 0.15) is 16.7 Å². The van der Waals surface area contributed by atoms with Crippen LogP contribution in [0, 0.1) is 6.92 Å². The molecule has 0 unspecified atom stereocenters. The summed E-state index contributed by atoms with van der Waals surface area (Å²) < 4.78 is 67.3. The highest BCUT2D eigenvalue weighted by molar-refractivity contribution is 7.92. The number of ether oxygens (including phenoxy) is 1. The highest BCUT2D eigenvalue weighted by Gasteiger charge is 2.28. The van der Waals surface area contributed by atoms with E-state index in [4.69, 9.17) is 0 Å². The molecule has 0 saturated heterocycles. The predicted molar refractivity (Wildman–Crippen MR) is 91.8 cm³/mol.